The second-order valence-electron chi connectivity index (χ2n) is 3.92. The Bertz CT molecular complexity index is 336. The summed E-state index contributed by atoms with van der Waals surface area (Å²) in [4.78, 5) is 0. The maximum atomic E-state index is 9.74. The molecule has 0 aromatic heterocycles. The van der Waals surface area contributed by atoms with Crippen molar-refractivity contribution in [1.29, 1.82) is 0 Å². The lowest BCUT2D eigenvalue weighted by Gasteiger charge is -2.13. The number of nitrogen functional groups attached to an aromatic ring is 1. The van der Waals surface area contributed by atoms with Gasteiger partial charge in [0.15, 0.2) is 0 Å². The van der Waals surface area contributed by atoms with Crippen LogP contribution >= 0.6 is 11.8 Å². The van der Waals surface area contributed by atoms with Crippen LogP contribution in [0, 0.1) is 0 Å². The molecule has 0 saturated heterocycles. The van der Waals surface area contributed by atoms with Crippen molar-refractivity contribution in [2.24, 2.45) is 0 Å². The van der Waals surface area contributed by atoms with E-state index in [0.29, 0.717) is 17.2 Å². The lowest BCUT2D eigenvalue weighted by molar-refractivity contribution is 0.127. The van der Waals surface area contributed by atoms with Crippen molar-refractivity contribution >= 4 is 17.4 Å². The number of methoxy groups -OCH3 is 1. The smallest absolute Gasteiger partial charge is 0.142 e. The van der Waals surface area contributed by atoms with E-state index in [1.54, 1.807) is 31.0 Å². The minimum Gasteiger partial charge on any atom is -0.489 e. The number of aliphatic hydroxyl groups is 1. The van der Waals surface area contributed by atoms with Gasteiger partial charge in [0.25, 0.3) is 0 Å². The van der Waals surface area contributed by atoms with Gasteiger partial charge in [0.05, 0.1) is 11.8 Å². The van der Waals surface area contributed by atoms with Crippen molar-refractivity contribution in [3.8, 4) is 5.75 Å². The van der Waals surface area contributed by atoms with Crippen LogP contribution in [0.2, 0.25) is 0 Å². The summed E-state index contributed by atoms with van der Waals surface area (Å²) in [6, 6.07) is 7.29. The third-order valence-corrected chi connectivity index (χ3v) is 3.50. The van der Waals surface area contributed by atoms with Crippen molar-refractivity contribution in [3.05, 3.63) is 24.3 Å². The summed E-state index contributed by atoms with van der Waals surface area (Å²) in [7, 11) is 1.69. The number of aliphatic hydroxyl groups excluding tert-OH is 1. The summed E-state index contributed by atoms with van der Waals surface area (Å²) in [6.07, 6.45) is 0.526. The molecule has 1 rings (SSSR count). The fourth-order valence-corrected chi connectivity index (χ4v) is 2.23. The molecule has 0 aliphatic rings. The molecule has 0 fully saturated rings. The number of hydrogen-bond acceptors (Lipinski definition) is 5. The van der Waals surface area contributed by atoms with Gasteiger partial charge in [0.1, 0.15) is 12.4 Å². The Balaban J connectivity index is 2.13. The highest BCUT2D eigenvalue weighted by molar-refractivity contribution is 7.99. The highest BCUT2D eigenvalue weighted by Crippen LogP contribution is 2.20. The molecule has 1 aromatic rings. The van der Waals surface area contributed by atoms with E-state index in [-0.39, 0.29) is 6.61 Å². The molecule has 1 aromatic carbocycles. The van der Waals surface area contributed by atoms with E-state index in [0.717, 1.165) is 18.8 Å². The van der Waals surface area contributed by atoms with Gasteiger partial charge in [-0.05, 0) is 24.3 Å². The molecule has 0 aliphatic heterocycles. The first-order chi connectivity index (χ1) is 8.74. The maximum absolute atomic E-state index is 9.74. The summed E-state index contributed by atoms with van der Waals surface area (Å²) in [6.45, 7) is 1.03. The Kier molecular flexibility index (Phi) is 7.64. The molecule has 0 heterocycles. The van der Waals surface area contributed by atoms with Crippen LogP contribution in [0.1, 0.15) is 6.42 Å². The Labute approximate surface area is 112 Å². The molecule has 0 spiro atoms. The third kappa shape index (κ3) is 6.14. The van der Waals surface area contributed by atoms with Crippen LogP contribution in [-0.2, 0) is 4.74 Å². The third-order valence-electron chi connectivity index (χ3n) is 2.30. The second kappa shape index (κ2) is 9.08. The number of thioether (sulfide) groups is 1. The largest absolute Gasteiger partial charge is 0.489 e. The molecule has 102 valence electrons. The lowest BCUT2D eigenvalue weighted by Crippen LogP contribution is -2.20. The molecule has 0 amide bonds. The predicted molar refractivity (Wildman–Crippen MR) is 76.2 cm³/mol. The van der Waals surface area contributed by atoms with Crippen LogP contribution < -0.4 is 10.5 Å². The summed E-state index contributed by atoms with van der Waals surface area (Å²) < 4.78 is 10.4. The highest BCUT2D eigenvalue weighted by atomic mass is 32.2. The molecule has 4 nitrogen and oxygen atoms in total. The quantitative estimate of drug-likeness (QED) is 0.529. The first-order valence-electron chi connectivity index (χ1n) is 5.96. The minimum absolute atomic E-state index is 0.269. The first kappa shape index (κ1) is 15.1. The van der Waals surface area contributed by atoms with Crippen LogP contribution in [0.4, 0.5) is 5.69 Å². The van der Waals surface area contributed by atoms with E-state index in [2.05, 4.69) is 0 Å². The number of rotatable bonds is 9. The minimum atomic E-state index is -0.475. The fourth-order valence-electron chi connectivity index (χ4n) is 1.37. The van der Waals surface area contributed by atoms with Gasteiger partial charge in [-0.25, -0.2) is 0 Å². The fraction of sp³-hybridized carbons (Fsp3) is 0.538. The number of ether oxygens (including phenoxy) is 2. The lowest BCUT2D eigenvalue weighted by atomic mass is 10.3. The molecular formula is C13H21NO3S. The molecule has 1 atom stereocenters. The van der Waals surface area contributed by atoms with E-state index in [1.807, 2.05) is 12.1 Å². The molecular weight excluding hydrogens is 250 g/mol. The zero-order chi connectivity index (χ0) is 13.2. The Morgan fingerprint density at radius 2 is 2.17 bits per heavy atom. The van der Waals surface area contributed by atoms with Gasteiger partial charge in [-0.2, -0.15) is 11.8 Å². The monoisotopic (exact) mass is 271 g/mol. The Morgan fingerprint density at radius 1 is 1.39 bits per heavy atom. The van der Waals surface area contributed by atoms with Gasteiger partial charge in [-0.15, -0.1) is 0 Å². The van der Waals surface area contributed by atoms with Crippen LogP contribution in [0.3, 0.4) is 0 Å². The second-order valence-corrected chi connectivity index (χ2v) is 5.07. The first-order valence-corrected chi connectivity index (χ1v) is 7.11. The maximum Gasteiger partial charge on any atom is 0.142 e. The average Bonchev–Trinajstić information content (AvgIpc) is 2.37. The van der Waals surface area contributed by atoms with Gasteiger partial charge in [-0.1, -0.05) is 12.1 Å². The standard InChI is InChI=1S/C13H21NO3S/c1-16-7-4-8-18-10-11(15)9-17-13-6-3-2-5-12(13)14/h2-3,5-6,11,15H,4,7-10,14H2,1H3. The van der Waals surface area contributed by atoms with Crippen LogP contribution in [-0.4, -0.2) is 43.0 Å². The van der Waals surface area contributed by atoms with Crippen molar-refractivity contribution < 1.29 is 14.6 Å². The van der Waals surface area contributed by atoms with Crippen molar-refractivity contribution in [2.75, 3.05) is 37.6 Å². The molecule has 1 unspecified atom stereocenters. The highest BCUT2D eigenvalue weighted by Gasteiger charge is 2.06. The number of para-hydroxylation sites is 2. The SMILES string of the molecule is COCCCSCC(O)COc1ccccc1N. The summed E-state index contributed by atoms with van der Waals surface area (Å²) in [5.74, 6) is 2.27. The van der Waals surface area contributed by atoms with E-state index in [9.17, 15) is 5.11 Å². The molecule has 0 bridgehead atoms. The molecule has 0 radical (unpaired) electrons. The zero-order valence-corrected chi connectivity index (χ0v) is 11.5. The van der Waals surface area contributed by atoms with Crippen LogP contribution in [0.5, 0.6) is 5.75 Å². The van der Waals surface area contributed by atoms with Crippen molar-refractivity contribution in [2.45, 2.75) is 12.5 Å². The van der Waals surface area contributed by atoms with Crippen LogP contribution in [0.15, 0.2) is 24.3 Å². The van der Waals surface area contributed by atoms with E-state index in [4.69, 9.17) is 15.2 Å². The van der Waals surface area contributed by atoms with Gasteiger partial charge >= 0.3 is 0 Å². The molecule has 18 heavy (non-hydrogen) atoms. The molecule has 0 aliphatic carbocycles. The van der Waals surface area contributed by atoms with Crippen molar-refractivity contribution in [1.82, 2.24) is 0 Å². The Morgan fingerprint density at radius 3 is 2.89 bits per heavy atom. The van der Waals surface area contributed by atoms with E-state index in [1.165, 1.54) is 0 Å². The van der Waals surface area contributed by atoms with E-state index >= 15 is 0 Å². The molecule has 3 N–H and O–H groups in total. The summed E-state index contributed by atoms with van der Waals surface area (Å²) in [5.41, 5.74) is 6.33. The molecule has 0 saturated carbocycles. The van der Waals surface area contributed by atoms with Gasteiger partial charge in [0, 0.05) is 19.5 Å². The zero-order valence-electron chi connectivity index (χ0n) is 10.7. The van der Waals surface area contributed by atoms with Crippen LogP contribution in [0.25, 0.3) is 0 Å². The molecule has 5 heteroatoms. The van der Waals surface area contributed by atoms with Crippen molar-refractivity contribution in [3.63, 3.8) is 0 Å². The predicted octanol–water partition coefficient (Wildman–Crippen LogP) is 1.78. The van der Waals surface area contributed by atoms with Gasteiger partial charge in [-0.3, -0.25) is 0 Å². The van der Waals surface area contributed by atoms with Gasteiger partial charge < -0.3 is 20.3 Å². The average molecular weight is 271 g/mol. The number of hydrogen-bond donors (Lipinski definition) is 2. The van der Waals surface area contributed by atoms with Gasteiger partial charge in [0.2, 0.25) is 0 Å². The Hall–Kier alpha value is -0.910. The normalized spacial score (nSPS) is 12.3. The van der Waals surface area contributed by atoms with E-state index < -0.39 is 6.10 Å². The summed E-state index contributed by atoms with van der Waals surface area (Å²) >= 11 is 1.70. The number of anilines is 1. The number of benzene rings is 1. The topological polar surface area (TPSA) is 64.7 Å². The number of nitrogens with two attached hydrogens (primary N) is 1. The summed E-state index contributed by atoms with van der Waals surface area (Å²) in [5, 5.41) is 9.74.